The second-order valence-electron chi connectivity index (χ2n) is 8.48. The van der Waals surface area contributed by atoms with Crippen LogP contribution in [0, 0.1) is 5.92 Å². The van der Waals surface area contributed by atoms with E-state index >= 15 is 0 Å². The van der Waals surface area contributed by atoms with E-state index in [4.69, 9.17) is 5.11 Å². The third-order valence-corrected chi connectivity index (χ3v) is 6.52. The summed E-state index contributed by atoms with van der Waals surface area (Å²) in [7, 11) is 1.18. The fourth-order valence-corrected chi connectivity index (χ4v) is 4.24. The highest BCUT2D eigenvalue weighted by molar-refractivity contribution is 7.80. The molecule has 174 valence electrons. The number of carbonyl (C=O) groups is 3. The monoisotopic (exact) mass is 444 g/mol. The summed E-state index contributed by atoms with van der Waals surface area (Å²) in [5, 5.41) is 12.6. The average molecular weight is 445 g/mol. The summed E-state index contributed by atoms with van der Waals surface area (Å²) >= 11 is 3.97. The number of hydrogen-bond donors (Lipinski definition) is 3. The zero-order valence-electron chi connectivity index (χ0n) is 18.8. The molecule has 2 saturated carbocycles. The van der Waals surface area contributed by atoms with E-state index in [1.54, 1.807) is 6.92 Å². The zero-order chi connectivity index (χ0) is 22.5. The molecule has 2 aliphatic rings. The minimum Gasteiger partial charge on any atom is -0.480 e. The Labute approximate surface area is 186 Å². The lowest BCUT2D eigenvalue weighted by Crippen LogP contribution is -2.48. The highest BCUT2D eigenvalue weighted by atomic mass is 32.1. The lowest BCUT2D eigenvalue weighted by atomic mass is 9.91. The number of hydrogen-bond acceptors (Lipinski definition) is 6. The topological polar surface area (TPSA) is 95.9 Å². The van der Waals surface area contributed by atoms with Gasteiger partial charge in [-0.2, -0.15) is 12.6 Å². The average Bonchev–Trinajstić information content (AvgIpc) is 2.77. The number of thiol groups is 1. The number of nitrogens with one attached hydrogen (secondary N) is 1. The van der Waals surface area contributed by atoms with E-state index in [9.17, 15) is 14.4 Å². The van der Waals surface area contributed by atoms with Crippen molar-refractivity contribution in [3.63, 3.8) is 0 Å². The molecule has 2 atom stereocenters. The molecule has 7 nitrogen and oxygen atoms in total. The van der Waals surface area contributed by atoms with Gasteiger partial charge in [0.1, 0.15) is 12.6 Å². The molecule has 1 unspecified atom stereocenters. The molecule has 2 aliphatic carbocycles. The lowest BCUT2D eigenvalue weighted by molar-refractivity contribution is -0.156. The van der Waals surface area contributed by atoms with E-state index in [0.29, 0.717) is 0 Å². The Balaban J connectivity index is 0.000000308. The molecule has 30 heavy (non-hydrogen) atoms. The van der Waals surface area contributed by atoms with Gasteiger partial charge in [0.25, 0.3) is 0 Å². The van der Waals surface area contributed by atoms with Gasteiger partial charge in [0.2, 0.25) is 5.91 Å². The first-order valence-corrected chi connectivity index (χ1v) is 11.9. The van der Waals surface area contributed by atoms with Crippen molar-refractivity contribution in [3.05, 3.63) is 0 Å². The van der Waals surface area contributed by atoms with Crippen molar-refractivity contribution in [2.45, 2.75) is 96.2 Å². The summed E-state index contributed by atoms with van der Waals surface area (Å²) in [5.74, 6) is -2.43. The van der Waals surface area contributed by atoms with Crippen molar-refractivity contribution >= 4 is 30.5 Å². The number of carboxylic acids is 1. The zero-order valence-corrected chi connectivity index (χ0v) is 19.7. The Bertz CT molecular complexity index is 518. The number of carbonyl (C=O) groups excluding carboxylic acids is 2. The predicted octanol–water partition coefficient (Wildman–Crippen LogP) is 3.27. The van der Waals surface area contributed by atoms with E-state index in [1.807, 2.05) is 0 Å². The van der Waals surface area contributed by atoms with Gasteiger partial charge in [-0.25, -0.2) is 4.79 Å². The molecule has 2 rings (SSSR count). The van der Waals surface area contributed by atoms with Gasteiger partial charge in [-0.05, 0) is 32.6 Å². The number of nitrogens with zero attached hydrogens (tertiary/aromatic N) is 1. The molecule has 0 radical (unpaired) electrons. The van der Waals surface area contributed by atoms with E-state index in [-0.39, 0.29) is 5.75 Å². The molecule has 8 heteroatoms. The molecule has 0 bridgehead atoms. The van der Waals surface area contributed by atoms with Crippen LogP contribution in [0.4, 0.5) is 0 Å². The number of carboxylic acid groups (broad SMARTS) is 1. The first kappa shape index (κ1) is 26.8. The molecule has 0 aromatic rings. The second-order valence-corrected chi connectivity index (χ2v) is 8.84. The third kappa shape index (κ3) is 9.69. The number of rotatable bonds is 8. The minimum absolute atomic E-state index is 0.281. The maximum atomic E-state index is 11.9. The van der Waals surface area contributed by atoms with Gasteiger partial charge in [-0.3, -0.25) is 9.59 Å². The minimum atomic E-state index is -1.18. The van der Waals surface area contributed by atoms with Crippen molar-refractivity contribution in [3.8, 4) is 0 Å². The molecular formula is C22H40N2O5S. The lowest BCUT2D eigenvalue weighted by Gasteiger charge is -2.30. The fourth-order valence-electron chi connectivity index (χ4n) is 4.08. The Morgan fingerprint density at radius 2 is 1.47 bits per heavy atom. The van der Waals surface area contributed by atoms with Crippen LogP contribution in [-0.4, -0.2) is 65.4 Å². The highest BCUT2D eigenvalue weighted by Crippen LogP contribution is 2.22. The van der Waals surface area contributed by atoms with Crippen LogP contribution in [0.15, 0.2) is 0 Å². The van der Waals surface area contributed by atoms with Gasteiger partial charge in [-0.1, -0.05) is 45.4 Å². The largest absolute Gasteiger partial charge is 0.480 e. The quantitative estimate of drug-likeness (QED) is 0.393. The number of amides is 1. The van der Waals surface area contributed by atoms with Crippen LogP contribution in [-0.2, 0) is 19.1 Å². The highest BCUT2D eigenvalue weighted by Gasteiger charge is 2.30. The van der Waals surface area contributed by atoms with Crippen LogP contribution >= 0.6 is 12.6 Å². The number of esters is 1. The van der Waals surface area contributed by atoms with Gasteiger partial charge in [0, 0.05) is 23.8 Å². The predicted molar refractivity (Wildman–Crippen MR) is 121 cm³/mol. The van der Waals surface area contributed by atoms with Crippen molar-refractivity contribution < 1.29 is 24.2 Å². The third-order valence-electron chi connectivity index (χ3n) is 5.98. The van der Waals surface area contributed by atoms with Gasteiger partial charge in [-0.15, -0.1) is 0 Å². The van der Waals surface area contributed by atoms with Crippen LogP contribution in [0.1, 0.15) is 78.1 Å². The van der Waals surface area contributed by atoms with Crippen LogP contribution in [0.3, 0.4) is 0 Å². The summed E-state index contributed by atoms with van der Waals surface area (Å²) in [4.78, 5) is 34.9. The summed E-state index contributed by atoms with van der Waals surface area (Å²) < 4.78 is 4.49. The molecule has 2 N–H and O–H groups in total. The Kier molecular flexibility index (Phi) is 13.1. The smallest absolute Gasteiger partial charge is 0.328 e. The normalized spacial score (nSPS) is 19.7. The van der Waals surface area contributed by atoms with Gasteiger partial charge >= 0.3 is 11.9 Å². The van der Waals surface area contributed by atoms with Crippen molar-refractivity contribution in [1.29, 1.82) is 0 Å². The molecule has 0 heterocycles. The number of ether oxygens (including phenoxy) is 1. The summed E-state index contributed by atoms with van der Waals surface area (Å²) in [6.45, 7) is 2.51. The first-order valence-electron chi connectivity index (χ1n) is 11.3. The Morgan fingerprint density at radius 1 is 1.00 bits per heavy atom. The first-order chi connectivity index (χ1) is 14.3. The molecule has 0 saturated heterocycles. The van der Waals surface area contributed by atoms with Crippen molar-refractivity contribution in [2.24, 2.45) is 5.92 Å². The number of aliphatic carboxylic acids is 1. The molecule has 0 aromatic heterocycles. The standard InChI is InChI=1S/C12H23N.C10H17NO5S/c1-3-7-11(8-4-1)13-12-9-5-2-6-10-12;1-6(5-17)9(14)11(4-8(12)13)7(2)10(15)16-3/h11-13H,1-10H2;6-7,17H,4-5H2,1-3H3,(H,12,13)/t;6?,7-/m.0/s1. The SMILES string of the molecule is C1CCC(NC2CCCCC2)CC1.COC(=O)[C@H](C)N(CC(=O)O)C(=O)C(C)CS. The molecule has 0 aliphatic heterocycles. The fraction of sp³-hybridized carbons (Fsp3) is 0.864. The van der Waals surface area contributed by atoms with E-state index in [2.05, 4.69) is 22.7 Å². The summed E-state index contributed by atoms with van der Waals surface area (Å²) in [6, 6.07) is 0.819. The maximum Gasteiger partial charge on any atom is 0.328 e. The van der Waals surface area contributed by atoms with E-state index in [1.165, 1.54) is 78.2 Å². The summed E-state index contributed by atoms with van der Waals surface area (Å²) in [5.41, 5.74) is 0. The molecule has 0 spiro atoms. The Morgan fingerprint density at radius 3 is 1.83 bits per heavy atom. The van der Waals surface area contributed by atoms with Gasteiger partial charge < -0.3 is 20.1 Å². The second kappa shape index (κ2) is 14.7. The molecule has 0 aromatic carbocycles. The molecular weight excluding hydrogens is 404 g/mol. The van der Waals surface area contributed by atoms with Crippen LogP contribution in [0.2, 0.25) is 0 Å². The molecule has 2 fully saturated rings. The molecule has 1 amide bonds. The van der Waals surface area contributed by atoms with E-state index < -0.39 is 36.4 Å². The van der Waals surface area contributed by atoms with Crippen molar-refractivity contribution in [1.82, 2.24) is 10.2 Å². The van der Waals surface area contributed by atoms with Crippen molar-refractivity contribution in [2.75, 3.05) is 19.4 Å². The van der Waals surface area contributed by atoms with E-state index in [0.717, 1.165) is 17.0 Å². The van der Waals surface area contributed by atoms with Gasteiger partial charge in [0.05, 0.1) is 7.11 Å². The van der Waals surface area contributed by atoms with Crippen LogP contribution < -0.4 is 5.32 Å². The maximum absolute atomic E-state index is 11.9. The summed E-state index contributed by atoms with van der Waals surface area (Å²) in [6.07, 6.45) is 14.6. The number of methoxy groups -OCH3 is 1. The van der Waals surface area contributed by atoms with Crippen LogP contribution in [0.25, 0.3) is 0 Å². The Hall–Kier alpha value is -1.28. The van der Waals surface area contributed by atoms with Crippen LogP contribution in [0.5, 0.6) is 0 Å². The van der Waals surface area contributed by atoms with Gasteiger partial charge in [0.15, 0.2) is 0 Å².